The Bertz CT molecular complexity index is 1660. The number of amides is 2. The number of benzene rings is 2. The molecule has 0 aliphatic heterocycles. The molecule has 1 aliphatic rings. The van der Waals surface area contributed by atoms with Gasteiger partial charge in [-0.1, -0.05) is 26.0 Å². The van der Waals surface area contributed by atoms with Crippen LogP contribution in [-0.4, -0.2) is 53.9 Å². The van der Waals surface area contributed by atoms with Gasteiger partial charge in [0.25, 0.3) is 0 Å². The molecule has 3 aromatic carbocycles. The second kappa shape index (κ2) is 14.9. The van der Waals surface area contributed by atoms with Crippen LogP contribution in [-0.2, 0) is 16.0 Å². The van der Waals surface area contributed by atoms with E-state index in [4.69, 9.17) is 23.7 Å². The lowest BCUT2D eigenvalue weighted by Crippen LogP contribution is -2.36. The number of nitrogens with one attached hydrogen (secondary N) is 3. The van der Waals surface area contributed by atoms with E-state index < -0.39 is 6.04 Å². The monoisotopic (exact) mass is 633 g/mol. The maximum Gasteiger partial charge on any atom is 0.239 e. The van der Waals surface area contributed by atoms with Crippen LogP contribution in [0, 0.1) is 5.92 Å². The Kier molecular flexibility index (Phi) is 11.0. The van der Waals surface area contributed by atoms with Crippen LogP contribution in [0.5, 0.6) is 28.7 Å². The molecule has 0 saturated carbocycles. The SMILES string of the molecule is COc1ccc(C(NC(=O)CNc2ccc3c(cc2=O)[C@H](NC(C)=O)CCc2cc(OC)c(OC)c(OC)c2-3)C(C)C)cc1OC. The highest BCUT2D eigenvalue weighted by Crippen LogP contribution is 2.50. The summed E-state index contributed by atoms with van der Waals surface area (Å²) in [6, 6.07) is 11.7. The minimum Gasteiger partial charge on any atom is -0.493 e. The Balaban J connectivity index is 1.69. The van der Waals surface area contributed by atoms with E-state index in [1.165, 1.54) is 20.1 Å². The van der Waals surface area contributed by atoms with E-state index in [1.54, 1.807) is 40.6 Å². The molecule has 46 heavy (non-hydrogen) atoms. The maximum atomic E-state index is 13.6. The van der Waals surface area contributed by atoms with Gasteiger partial charge in [0.2, 0.25) is 23.0 Å². The molecule has 0 radical (unpaired) electrons. The van der Waals surface area contributed by atoms with Crippen molar-refractivity contribution in [3.05, 3.63) is 69.4 Å². The Morgan fingerprint density at radius 2 is 1.54 bits per heavy atom. The minimum atomic E-state index is -0.439. The molecular formula is C35H43N3O8. The largest absolute Gasteiger partial charge is 0.493 e. The maximum absolute atomic E-state index is 13.6. The number of ether oxygens (including phenoxy) is 5. The third-order valence-corrected chi connectivity index (χ3v) is 8.11. The molecule has 4 rings (SSSR count). The van der Waals surface area contributed by atoms with E-state index in [2.05, 4.69) is 16.0 Å². The van der Waals surface area contributed by atoms with Crippen LogP contribution in [0.25, 0.3) is 11.1 Å². The van der Waals surface area contributed by atoms with Crippen molar-refractivity contribution in [2.45, 2.75) is 45.7 Å². The second-order valence-electron chi connectivity index (χ2n) is 11.4. The average molecular weight is 634 g/mol. The molecule has 11 heteroatoms. The van der Waals surface area contributed by atoms with Crippen LogP contribution in [0.15, 0.2) is 47.3 Å². The number of rotatable bonds is 12. The Hall–Kier alpha value is -4.93. The minimum absolute atomic E-state index is 0.0682. The molecule has 0 spiro atoms. The van der Waals surface area contributed by atoms with E-state index in [9.17, 15) is 14.4 Å². The fourth-order valence-corrected chi connectivity index (χ4v) is 5.93. The summed E-state index contributed by atoms with van der Waals surface area (Å²) in [5.74, 6) is 2.13. The van der Waals surface area contributed by atoms with Crippen LogP contribution in [0.3, 0.4) is 0 Å². The molecule has 1 unspecified atom stereocenters. The van der Waals surface area contributed by atoms with Gasteiger partial charge in [-0.3, -0.25) is 14.4 Å². The van der Waals surface area contributed by atoms with Crippen LogP contribution < -0.4 is 45.1 Å². The first-order chi connectivity index (χ1) is 22.1. The molecule has 0 bridgehead atoms. The number of carbonyl (C=O) groups is 2. The first-order valence-corrected chi connectivity index (χ1v) is 15.1. The van der Waals surface area contributed by atoms with Crippen molar-refractivity contribution in [3.63, 3.8) is 0 Å². The summed E-state index contributed by atoms with van der Waals surface area (Å²) in [5, 5.41) is 9.10. The molecule has 0 aromatic heterocycles. The van der Waals surface area contributed by atoms with E-state index in [1.807, 2.05) is 38.1 Å². The second-order valence-corrected chi connectivity index (χ2v) is 11.4. The highest BCUT2D eigenvalue weighted by atomic mass is 16.5. The molecule has 0 heterocycles. The lowest BCUT2D eigenvalue weighted by atomic mass is 9.95. The predicted octanol–water partition coefficient (Wildman–Crippen LogP) is 4.81. The lowest BCUT2D eigenvalue weighted by Gasteiger charge is -2.24. The molecule has 3 N–H and O–H groups in total. The zero-order chi connectivity index (χ0) is 33.5. The van der Waals surface area contributed by atoms with E-state index in [0.717, 1.165) is 16.7 Å². The first kappa shape index (κ1) is 34.0. The Morgan fingerprint density at radius 3 is 2.15 bits per heavy atom. The van der Waals surface area contributed by atoms with Crippen molar-refractivity contribution >= 4 is 17.5 Å². The van der Waals surface area contributed by atoms with Gasteiger partial charge in [0.05, 0.1) is 59.9 Å². The number of methoxy groups -OCH3 is 5. The summed E-state index contributed by atoms with van der Waals surface area (Å²) >= 11 is 0. The van der Waals surface area contributed by atoms with Crippen LogP contribution in [0.1, 0.15) is 56.0 Å². The molecule has 2 amide bonds. The van der Waals surface area contributed by atoms with E-state index in [0.29, 0.717) is 52.7 Å². The summed E-state index contributed by atoms with van der Waals surface area (Å²) < 4.78 is 27.9. The molecule has 1 aliphatic carbocycles. The molecule has 11 nitrogen and oxygen atoms in total. The number of hydrogen-bond acceptors (Lipinski definition) is 9. The summed E-state index contributed by atoms with van der Waals surface area (Å²) in [6.45, 7) is 5.33. The number of fused-ring (bicyclic) bond motifs is 3. The quantitative estimate of drug-likeness (QED) is 0.257. The fraction of sp³-hybridized carbons (Fsp3) is 0.400. The highest BCUT2D eigenvalue weighted by molar-refractivity contribution is 5.84. The van der Waals surface area contributed by atoms with Gasteiger partial charge in [0, 0.05) is 12.5 Å². The summed E-state index contributed by atoms with van der Waals surface area (Å²) in [6.07, 6.45) is 1.13. The van der Waals surface area contributed by atoms with Gasteiger partial charge in [0.1, 0.15) is 0 Å². The zero-order valence-corrected chi connectivity index (χ0v) is 27.7. The van der Waals surface area contributed by atoms with Crippen molar-refractivity contribution in [1.82, 2.24) is 10.6 Å². The first-order valence-electron chi connectivity index (χ1n) is 15.1. The average Bonchev–Trinajstić information content (AvgIpc) is 3.29. The molecular weight excluding hydrogens is 590 g/mol. The highest BCUT2D eigenvalue weighted by Gasteiger charge is 2.29. The normalized spacial score (nSPS) is 14.2. The van der Waals surface area contributed by atoms with Gasteiger partial charge in [-0.25, -0.2) is 0 Å². The Morgan fingerprint density at radius 1 is 0.848 bits per heavy atom. The smallest absolute Gasteiger partial charge is 0.239 e. The molecule has 246 valence electrons. The third kappa shape index (κ3) is 7.14. The van der Waals surface area contributed by atoms with Crippen molar-refractivity contribution in [3.8, 4) is 39.9 Å². The molecule has 3 aromatic rings. The van der Waals surface area contributed by atoms with Gasteiger partial charge in [-0.2, -0.15) is 0 Å². The van der Waals surface area contributed by atoms with Crippen molar-refractivity contribution in [1.29, 1.82) is 0 Å². The Labute approximate surface area is 269 Å². The van der Waals surface area contributed by atoms with E-state index in [-0.39, 0.29) is 41.4 Å². The summed E-state index contributed by atoms with van der Waals surface area (Å²) in [4.78, 5) is 39.0. The number of carbonyl (C=O) groups excluding carboxylic acids is 2. The zero-order valence-electron chi connectivity index (χ0n) is 27.7. The lowest BCUT2D eigenvalue weighted by molar-refractivity contribution is -0.121. The third-order valence-electron chi connectivity index (χ3n) is 8.11. The van der Waals surface area contributed by atoms with Crippen LogP contribution in [0.4, 0.5) is 5.69 Å². The standard InChI is InChI=1S/C35H43N3O8/c1-19(2)33(22-10-14-28(42-4)29(16-22)43-5)38-31(41)18-36-26-13-11-23-24(17-27(26)40)25(37-20(3)39)12-9-21-15-30(44-6)34(45-7)35(46-8)32(21)23/h10-11,13-17,19,25,33H,9,12,18H2,1-8H3,(H,36,40)(H,37,39)(H,38,41)/t25-,33?/m1/s1. The number of aryl methyl sites for hydroxylation is 1. The van der Waals surface area contributed by atoms with Gasteiger partial charge >= 0.3 is 0 Å². The van der Waals surface area contributed by atoms with Crippen molar-refractivity contribution in [2.24, 2.45) is 5.92 Å². The van der Waals surface area contributed by atoms with E-state index >= 15 is 0 Å². The number of hydrogen-bond donors (Lipinski definition) is 3. The molecule has 2 atom stereocenters. The van der Waals surface area contributed by atoms with Gasteiger partial charge in [-0.05, 0) is 71.3 Å². The topological polar surface area (TPSA) is 133 Å². The number of anilines is 1. The summed E-state index contributed by atoms with van der Waals surface area (Å²) in [5.41, 5.74) is 3.78. The van der Waals surface area contributed by atoms with Gasteiger partial charge < -0.3 is 39.6 Å². The van der Waals surface area contributed by atoms with Crippen molar-refractivity contribution in [2.75, 3.05) is 47.4 Å². The van der Waals surface area contributed by atoms with Gasteiger partial charge in [-0.15, -0.1) is 0 Å². The molecule has 0 fully saturated rings. The van der Waals surface area contributed by atoms with Crippen LogP contribution >= 0.6 is 0 Å². The van der Waals surface area contributed by atoms with Crippen molar-refractivity contribution < 1.29 is 33.3 Å². The van der Waals surface area contributed by atoms with Gasteiger partial charge in [0.15, 0.2) is 23.0 Å². The van der Waals surface area contributed by atoms with Crippen LogP contribution in [0.2, 0.25) is 0 Å². The predicted molar refractivity (Wildman–Crippen MR) is 176 cm³/mol. The fourth-order valence-electron chi connectivity index (χ4n) is 5.93. The summed E-state index contributed by atoms with van der Waals surface area (Å²) in [7, 11) is 7.78. The molecule has 0 saturated heterocycles.